The summed E-state index contributed by atoms with van der Waals surface area (Å²) in [5.74, 6) is -0.582. The minimum atomic E-state index is -3.87. The van der Waals surface area contributed by atoms with Crippen molar-refractivity contribution in [2.75, 3.05) is 27.8 Å². The third-order valence-corrected chi connectivity index (χ3v) is 4.22. The number of methoxy groups -OCH3 is 2. The van der Waals surface area contributed by atoms with Crippen LogP contribution in [0, 0.1) is 0 Å². The van der Waals surface area contributed by atoms with E-state index in [-0.39, 0.29) is 10.6 Å². The van der Waals surface area contributed by atoms with Gasteiger partial charge in [-0.05, 0) is 12.1 Å². The lowest BCUT2D eigenvalue weighted by Crippen LogP contribution is -2.32. The number of sulfonamides is 1. The maximum Gasteiger partial charge on any atom is 0.318 e. The molecule has 1 N–H and O–H groups in total. The standard InChI is InChI=1S/C11H15NO6S/c1-12(7-11(13)14)19(15,16)8-4-5-9(17-2)10(6-8)18-3/h4-6H,7H2,1-3H3,(H,13,14). The summed E-state index contributed by atoms with van der Waals surface area (Å²) in [6.07, 6.45) is 0. The largest absolute Gasteiger partial charge is 0.493 e. The van der Waals surface area contributed by atoms with E-state index in [0.717, 1.165) is 4.31 Å². The zero-order valence-electron chi connectivity index (χ0n) is 10.8. The van der Waals surface area contributed by atoms with Gasteiger partial charge in [0.2, 0.25) is 10.0 Å². The molecule has 0 amide bonds. The summed E-state index contributed by atoms with van der Waals surface area (Å²) >= 11 is 0. The quantitative estimate of drug-likeness (QED) is 0.815. The average Bonchev–Trinajstić information content (AvgIpc) is 2.36. The van der Waals surface area contributed by atoms with Crippen LogP contribution < -0.4 is 9.47 Å². The van der Waals surface area contributed by atoms with E-state index >= 15 is 0 Å². The molecule has 1 aromatic rings. The van der Waals surface area contributed by atoms with Crippen LogP contribution in [0.15, 0.2) is 23.1 Å². The number of rotatable bonds is 6. The van der Waals surface area contributed by atoms with Crippen molar-refractivity contribution in [2.24, 2.45) is 0 Å². The summed E-state index contributed by atoms with van der Waals surface area (Å²) in [5.41, 5.74) is 0. The minimum absolute atomic E-state index is 0.0612. The second-order valence-corrected chi connectivity index (χ2v) is 5.72. The normalized spacial score (nSPS) is 11.4. The third-order valence-electron chi connectivity index (χ3n) is 2.42. The van der Waals surface area contributed by atoms with Crippen molar-refractivity contribution in [1.82, 2.24) is 4.31 Å². The highest BCUT2D eigenvalue weighted by atomic mass is 32.2. The van der Waals surface area contributed by atoms with E-state index in [9.17, 15) is 13.2 Å². The Morgan fingerprint density at radius 3 is 2.32 bits per heavy atom. The van der Waals surface area contributed by atoms with Crippen LogP contribution in [0.1, 0.15) is 0 Å². The minimum Gasteiger partial charge on any atom is -0.493 e. The third kappa shape index (κ3) is 3.36. The summed E-state index contributed by atoms with van der Waals surface area (Å²) in [6.45, 7) is -0.614. The molecule has 0 aliphatic rings. The van der Waals surface area contributed by atoms with Gasteiger partial charge >= 0.3 is 5.97 Å². The summed E-state index contributed by atoms with van der Waals surface area (Å²) in [4.78, 5) is 10.5. The fraction of sp³-hybridized carbons (Fsp3) is 0.364. The van der Waals surface area contributed by atoms with Gasteiger partial charge in [-0.15, -0.1) is 0 Å². The van der Waals surface area contributed by atoms with Gasteiger partial charge in [0.25, 0.3) is 0 Å². The van der Waals surface area contributed by atoms with Crippen molar-refractivity contribution in [1.29, 1.82) is 0 Å². The number of hydrogen-bond acceptors (Lipinski definition) is 5. The molecule has 0 aliphatic carbocycles. The second kappa shape index (κ2) is 5.89. The van der Waals surface area contributed by atoms with Crippen LogP contribution in [0.5, 0.6) is 11.5 Å². The molecular weight excluding hydrogens is 274 g/mol. The number of likely N-dealkylation sites (N-methyl/N-ethyl adjacent to an activating group) is 1. The van der Waals surface area contributed by atoms with Crippen molar-refractivity contribution in [3.63, 3.8) is 0 Å². The molecule has 0 aliphatic heterocycles. The van der Waals surface area contributed by atoms with Gasteiger partial charge in [-0.1, -0.05) is 0 Å². The molecule has 0 fully saturated rings. The summed E-state index contributed by atoms with van der Waals surface area (Å²) in [5, 5.41) is 8.63. The number of nitrogens with zero attached hydrogens (tertiary/aromatic N) is 1. The van der Waals surface area contributed by atoms with Gasteiger partial charge in [0.1, 0.15) is 6.54 Å². The van der Waals surface area contributed by atoms with Gasteiger partial charge in [0, 0.05) is 13.1 Å². The molecule has 0 saturated carbocycles. The Morgan fingerprint density at radius 1 is 1.26 bits per heavy atom. The lowest BCUT2D eigenvalue weighted by atomic mass is 10.3. The van der Waals surface area contributed by atoms with E-state index in [4.69, 9.17) is 14.6 Å². The fourth-order valence-corrected chi connectivity index (χ4v) is 2.57. The van der Waals surface area contributed by atoms with Gasteiger partial charge in [0.15, 0.2) is 11.5 Å². The predicted molar refractivity (Wildman–Crippen MR) is 67.0 cm³/mol. The Balaban J connectivity index is 3.18. The van der Waals surface area contributed by atoms with Gasteiger partial charge in [-0.2, -0.15) is 4.31 Å². The van der Waals surface area contributed by atoms with Gasteiger partial charge in [0.05, 0.1) is 19.1 Å². The lowest BCUT2D eigenvalue weighted by molar-refractivity contribution is -0.137. The average molecular weight is 289 g/mol. The van der Waals surface area contributed by atoms with E-state index in [1.54, 1.807) is 0 Å². The van der Waals surface area contributed by atoms with E-state index in [0.29, 0.717) is 5.75 Å². The molecule has 0 aromatic heterocycles. The van der Waals surface area contributed by atoms with E-state index in [1.165, 1.54) is 39.5 Å². The van der Waals surface area contributed by atoms with Crippen molar-refractivity contribution < 1.29 is 27.8 Å². The van der Waals surface area contributed by atoms with Crippen molar-refractivity contribution >= 4 is 16.0 Å². The van der Waals surface area contributed by atoms with Crippen LogP contribution in [-0.4, -0.2) is 51.6 Å². The molecule has 0 unspecified atom stereocenters. The molecule has 0 bridgehead atoms. The second-order valence-electron chi connectivity index (χ2n) is 3.67. The van der Waals surface area contributed by atoms with Crippen molar-refractivity contribution in [2.45, 2.75) is 4.90 Å². The molecule has 0 spiro atoms. The van der Waals surface area contributed by atoms with E-state index < -0.39 is 22.5 Å². The SMILES string of the molecule is COc1ccc(S(=O)(=O)N(C)CC(=O)O)cc1OC. The summed E-state index contributed by atoms with van der Waals surface area (Å²) < 4.78 is 35.0. The molecule has 1 aromatic carbocycles. The van der Waals surface area contributed by atoms with Crippen LogP contribution in [0.4, 0.5) is 0 Å². The molecule has 0 saturated heterocycles. The zero-order valence-corrected chi connectivity index (χ0v) is 11.6. The first-order valence-corrected chi connectivity index (χ1v) is 6.67. The van der Waals surface area contributed by atoms with Crippen LogP contribution in [-0.2, 0) is 14.8 Å². The first-order chi connectivity index (χ1) is 8.82. The zero-order chi connectivity index (χ0) is 14.6. The molecule has 106 valence electrons. The Morgan fingerprint density at radius 2 is 1.84 bits per heavy atom. The first kappa shape index (κ1) is 15.3. The number of benzene rings is 1. The fourth-order valence-electron chi connectivity index (χ4n) is 1.43. The van der Waals surface area contributed by atoms with Crippen LogP contribution >= 0.6 is 0 Å². The highest BCUT2D eigenvalue weighted by Crippen LogP contribution is 2.30. The first-order valence-electron chi connectivity index (χ1n) is 5.23. The number of aliphatic carboxylic acids is 1. The van der Waals surface area contributed by atoms with Crippen LogP contribution in [0.25, 0.3) is 0 Å². The number of ether oxygens (including phenoxy) is 2. The molecular formula is C11H15NO6S. The predicted octanol–water partition coefficient (Wildman–Crippen LogP) is 0.409. The number of carboxylic acid groups (broad SMARTS) is 1. The van der Waals surface area contributed by atoms with E-state index in [1.807, 2.05) is 0 Å². The van der Waals surface area contributed by atoms with Crippen molar-refractivity contribution in [3.05, 3.63) is 18.2 Å². The Bertz CT molecular complexity index is 569. The highest BCUT2D eigenvalue weighted by molar-refractivity contribution is 7.89. The molecule has 8 heteroatoms. The van der Waals surface area contributed by atoms with Crippen LogP contribution in [0.2, 0.25) is 0 Å². The highest BCUT2D eigenvalue weighted by Gasteiger charge is 2.24. The Hall–Kier alpha value is -1.80. The maximum atomic E-state index is 12.1. The number of carbonyl (C=O) groups is 1. The summed E-state index contributed by atoms with van der Waals surface area (Å²) in [6, 6.07) is 4.06. The molecule has 1 rings (SSSR count). The summed E-state index contributed by atoms with van der Waals surface area (Å²) in [7, 11) is 0.137. The smallest absolute Gasteiger partial charge is 0.318 e. The Kier molecular flexibility index (Phi) is 4.73. The number of hydrogen-bond donors (Lipinski definition) is 1. The molecule has 19 heavy (non-hydrogen) atoms. The molecule has 0 atom stereocenters. The molecule has 7 nitrogen and oxygen atoms in total. The van der Waals surface area contributed by atoms with Gasteiger partial charge < -0.3 is 14.6 Å². The van der Waals surface area contributed by atoms with Gasteiger partial charge in [-0.3, -0.25) is 4.79 Å². The topological polar surface area (TPSA) is 93.1 Å². The molecule has 0 radical (unpaired) electrons. The number of carboxylic acids is 1. The Labute approximate surface area is 111 Å². The maximum absolute atomic E-state index is 12.1. The van der Waals surface area contributed by atoms with E-state index in [2.05, 4.69) is 0 Å². The monoisotopic (exact) mass is 289 g/mol. The van der Waals surface area contributed by atoms with Crippen molar-refractivity contribution in [3.8, 4) is 11.5 Å². The lowest BCUT2D eigenvalue weighted by Gasteiger charge is -2.16. The van der Waals surface area contributed by atoms with Gasteiger partial charge in [-0.25, -0.2) is 8.42 Å². The van der Waals surface area contributed by atoms with Crippen LogP contribution in [0.3, 0.4) is 0 Å². The molecule has 0 heterocycles.